The Balaban J connectivity index is 1.25. The number of benzene rings is 1. The molecule has 0 radical (unpaired) electrons. The molecule has 2 atom stereocenters. The second kappa shape index (κ2) is 7.81. The lowest BCUT2D eigenvalue weighted by atomic mass is 9.87. The van der Waals surface area contributed by atoms with Gasteiger partial charge in [-0.3, -0.25) is 29.4 Å². The Bertz CT molecular complexity index is 955. The number of amides is 4. The van der Waals surface area contributed by atoms with E-state index in [0.717, 1.165) is 49.5 Å². The molecule has 0 bridgehead atoms. The summed E-state index contributed by atoms with van der Waals surface area (Å²) in [5.74, 6) is -1.92. The summed E-state index contributed by atoms with van der Waals surface area (Å²) >= 11 is 0. The molecular formula is C22H26N4O5. The standard InChI is InChI=1S/C22H26N4O5/c27-18-4-3-17(19(28)25-18)26-20(29)15-2-1-13(9-16(15)21(26)30)11-23-14-10-22(24-12-14)5-7-31-8-6-22/h1-2,9,14,17,23-24H,3-8,10-12H2,(H,25,27,28). The van der Waals surface area contributed by atoms with Gasteiger partial charge >= 0.3 is 0 Å². The van der Waals surface area contributed by atoms with Crippen LogP contribution in [0.3, 0.4) is 0 Å². The van der Waals surface area contributed by atoms with Crippen LogP contribution in [0.2, 0.25) is 0 Å². The van der Waals surface area contributed by atoms with Crippen molar-refractivity contribution >= 4 is 23.6 Å². The van der Waals surface area contributed by atoms with Gasteiger partial charge in [-0.1, -0.05) is 6.07 Å². The van der Waals surface area contributed by atoms with Gasteiger partial charge in [0.2, 0.25) is 11.8 Å². The average Bonchev–Trinajstić information content (AvgIpc) is 3.26. The lowest BCUT2D eigenvalue weighted by Crippen LogP contribution is -2.54. The predicted octanol–water partition coefficient (Wildman–Crippen LogP) is 0.0885. The molecule has 9 heteroatoms. The van der Waals surface area contributed by atoms with Crippen LogP contribution in [0.15, 0.2) is 18.2 Å². The summed E-state index contributed by atoms with van der Waals surface area (Å²) in [7, 11) is 0. The Hall–Kier alpha value is -2.62. The quantitative estimate of drug-likeness (QED) is 0.584. The minimum Gasteiger partial charge on any atom is -0.381 e. The number of carbonyl (C=O) groups excluding carboxylic acids is 4. The molecule has 2 unspecified atom stereocenters. The fraction of sp³-hybridized carbons (Fsp3) is 0.545. The number of nitrogens with zero attached hydrogens (tertiary/aromatic N) is 1. The monoisotopic (exact) mass is 426 g/mol. The van der Waals surface area contributed by atoms with E-state index < -0.39 is 23.8 Å². The van der Waals surface area contributed by atoms with Gasteiger partial charge in [0.1, 0.15) is 6.04 Å². The van der Waals surface area contributed by atoms with Crippen LogP contribution >= 0.6 is 0 Å². The number of fused-ring (bicyclic) bond motifs is 1. The lowest BCUT2D eigenvalue weighted by molar-refractivity contribution is -0.136. The maximum absolute atomic E-state index is 12.9. The summed E-state index contributed by atoms with van der Waals surface area (Å²) in [5.41, 5.74) is 1.71. The van der Waals surface area contributed by atoms with Crippen LogP contribution in [0.25, 0.3) is 0 Å². The SMILES string of the molecule is O=C1CCC(N2C(=O)c3ccc(CNC4CNC5(CCOCC5)C4)cc3C2=O)C(=O)N1. The molecule has 5 rings (SSSR count). The van der Waals surface area contributed by atoms with Crippen molar-refractivity contribution in [2.75, 3.05) is 19.8 Å². The molecule has 0 saturated carbocycles. The molecule has 4 aliphatic rings. The number of imide groups is 2. The second-order valence-corrected chi connectivity index (χ2v) is 8.88. The van der Waals surface area contributed by atoms with Crippen molar-refractivity contribution in [1.82, 2.24) is 20.9 Å². The Morgan fingerprint density at radius 3 is 2.65 bits per heavy atom. The molecule has 4 amide bonds. The summed E-state index contributed by atoms with van der Waals surface area (Å²) in [6.07, 6.45) is 3.36. The van der Waals surface area contributed by atoms with Crippen molar-refractivity contribution in [3.8, 4) is 0 Å². The third-order valence-electron chi connectivity index (χ3n) is 6.91. The van der Waals surface area contributed by atoms with E-state index in [1.165, 1.54) is 0 Å². The van der Waals surface area contributed by atoms with Gasteiger partial charge in [0.25, 0.3) is 11.8 Å². The van der Waals surface area contributed by atoms with E-state index in [2.05, 4.69) is 16.0 Å². The molecule has 0 aromatic heterocycles. The van der Waals surface area contributed by atoms with Gasteiger partial charge in [-0.15, -0.1) is 0 Å². The Morgan fingerprint density at radius 1 is 1.10 bits per heavy atom. The van der Waals surface area contributed by atoms with E-state index in [4.69, 9.17) is 4.74 Å². The highest BCUT2D eigenvalue weighted by Gasteiger charge is 2.44. The molecule has 31 heavy (non-hydrogen) atoms. The minimum atomic E-state index is -0.938. The molecule has 1 aromatic rings. The summed E-state index contributed by atoms with van der Waals surface area (Å²) < 4.78 is 5.48. The number of hydrogen-bond donors (Lipinski definition) is 3. The molecule has 0 aliphatic carbocycles. The van der Waals surface area contributed by atoms with Crippen LogP contribution in [-0.4, -0.2) is 65.9 Å². The van der Waals surface area contributed by atoms with Gasteiger partial charge in [0, 0.05) is 44.3 Å². The number of nitrogens with one attached hydrogen (secondary N) is 3. The fourth-order valence-electron chi connectivity index (χ4n) is 5.13. The first-order chi connectivity index (χ1) is 15.0. The fourth-order valence-corrected chi connectivity index (χ4v) is 5.13. The number of hydrogen-bond acceptors (Lipinski definition) is 7. The van der Waals surface area contributed by atoms with Crippen LogP contribution < -0.4 is 16.0 Å². The topological polar surface area (TPSA) is 117 Å². The van der Waals surface area contributed by atoms with Crippen molar-refractivity contribution < 1.29 is 23.9 Å². The summed E-state index contributed by atoms with van der Waals surface area (Å²) in [4.78, 5) is 50.3. The van der Waals surface area contributed by atoms with Crippen LogP contribution in [0, 0.1) is 0 Å². The number of rotatable bonds is 4. The van der Waals surface area contributed by atoms with Gasteiger partial charge in [0.05, 0.1) is 11.1 Å². The highest BCUT2D eigenvalue weighted by molar-refractivity contribution is 6.23. The Labute approximate surface area is 179 Å². The van der Waals surface area contributed by atoms with Crippen molar-refractivity contribution in [1.29, 1.82) is 0 Å². The number of carbonyl (C=O) groups is 4. The third-order valence-corrected chi connectivity index (χ3v) is 6.91. The largest absolute Gasteiger partial charge is 0.381 e. The minimum absolute atomic E-state index is 0.113. The van der Waals surface area contributed by atoms with Gasteiger partial charge in [-0.25, -0.2) is 0 Å². The molecule has 4 aliphatic heterocycles. The summed E-state index contributed by atoms with van der Waals surface area (Å²) in [6, 6.07) is 4.64. The molecular weight excluding hydrogens is 400 g/mol. The zero-order chi connectivity index (χ0) is 21.6. The van der Waals surface area contributed by atoms with E-state index in [-0.39, 0.29) is 24.3 Å². The first-order valence-electron chi connectivity index (χ1n) is 10.9. The van der Waals surface area contributed by atoms with Crippen LogP contribution in [0.5, 0.6) is 0 Å². The normalized spacial score (nSPS) is 27.7. The average molecular weight is 426 g/mol. The van der Waals surface area contributed by atoms with Gasteiger partial charge in [-0.05, 0) is 43.4 Å². The van der Waals surface area contributed by atoms with Crippen LogP contribution in [0.1, 0.15) is 58.4 Å². The molecule has 3 fully saturated rings. The first kappa shape index (κ1) is 20.3. The van der Waals surface area contributed by atoms with Gasteiger partial charge in [-0.2, -0.15) is 0 Å². The number of ether oxygens (including phenoxy) is 1. The smallest absolute Gasteiger partial charge is 0.262 e. The van der Waals surface area contributed by atoms with Crippen LogP contribution in [0.4, 0.5) is 0 Å². The molecule has 4 heterocycles. The number of piperidine rings is 1. The van der Waals surface area contributed by atoms with Crippen molar-refractivity contribution in [3.63, 3.8) is 0 Å². The molecule has 3 N–H and O–H groups in total. The van der Waals surface area contributed by atoms with E-state index in [1.807, 2.05) is 6.07 Å². The lowest BCUT2D eigenvalue weighted by Gasteiger charge is -2.33. The second-order valence-electron chi connectivity index (χ2n) is 8.88. The van der Waals surface area contributed by atoms with Crippen molar-refractivity contribution in [2.24, 2.45) is 0 Å². The molecule has 9 nitrogen and oxygen atoms in total. The maximum Gasteiger partial charge on any atom is 0.262 e. The third kappa shape index (κ3) is 3.66. The van der Waals surface area contributed by atoms with Gasteiger partial charge in [0.15, 0.2) is 0 Å². The van der Waals surface area contributed by atoms with Crippen molar-refractivity contribution in [3.05, 3.63) is 34.9 Å². The molecule has 1 aromatic carbocycles. The predicted molar refractivity (Wildman–Crippen MR) is 109 cm³/mol. The van der Waals surface area contributed by atoms with Crippen LogP contribution in [-0.2, 0) is 20.9 Å². The summed E-state index contributed by atoms with van der Waals surface area (Å²) in [6.45, 7) is 3.08. The van der Waals surface area contributed by atoms with E-state index in [0.29, 0.717) is 23.7 Å². The highest BCUT2D eigenvalue weighted by atomic mass is 16.5. The summed E-state index contributed by atoms with van der Waals surface area (Å²) in [5, 5.41) is 9.42. The Kier molecular flexibility index (Phi) is 5.11. The zero-order valence-corrected chi connectivity index (χ0v) is 17.2. The molecule has 1 spiro atoms. The maximum atomic E-state index is 12.9. The zero-order valence-electron chi connectivity index (χ0n) is 17.2. The molecule has 164 valence electrons. The van der Waals surface area contributed by atoms with E-state index >= 15 is 0 Å². The van der Waals surface area contributed by atoms with E-state index in [1.54, 1.807) is 12.1 Å². The van der Waals surface area contributed by atoms with E-state index in [9.17, 15) is 19.2 Å². The molecule has 3 saturated heterocycles. The Morgan fingerprint density at radius 2 is 1.87 bits per heavy atom. The first-order valence-corrected chi connectivity index (χ1v) is 10.9. The van der Waals surface area contributed by atoms with Crippen molar-refractivity contribution in [2.45, 2.75) is 56.3 Å². The highest BCUT2D eigenvalue weighted by Crippen LogP contribution is 2.31. The van der Waals surface area contributed by atoms with Gasteiger partial charge < -0.3 is 15.4 Å².